The van der Waals surface area contributed by atoms with Gasteiger partial charge in [0.05, 0.1) is 0 Å². The van der Waals surface area contributed by atoms with E-state index in [2.05, 4.69) is 5.32 Å². The summed E-state index contributed by atoms with van der Waals surface area (Å²) in [5.41, 5.74) is 7.06. The Hall–Kier alpha value is -2.65. The van der Waals surface area contributed by atoms with Crippen molar-refractivity contribution in [3.8, 4) is 5.75 Å². The number of carboxylic acid groups (broad SMARTS) is 1. The minimum absolute atomic E-state index is 0.0629. The molecule has 0 spiro atoms. The number of guanidine groups is 1. The van der Waals surface area contributed by atoms with Crippen molar-refractivity contribution in [1.82, 2.24) is 5.32 Å². The predicted molar refractivity (Wildman–Crippen MR) is 99.7 cm³/mol. The van der Waals surface area contributed by atoms with E-state index >= 15 is 0 Å². The number of benzene rings is 2. The highest BCUT2D eigenvalue weighted by Crippen LogP contribution is 2.23. The van der Waals surface area contributed by atoms with Gasteiger partial charge in [-0.2, -0.15) is 13.2 Å². The molecule has 152 valence electrons. The van der Waals surface area contributed by atoms with Crippen molar-refractivity contribution in [3.63, 3.8) is 0 Å². The van der Waals surface area contributed by atoms with E-state index in [4.69, 9.17) is 49.0 Å². The maximum atomic E-state index is 10.6. The number of nitrogens with one attached hydrogen (secondary N) is 2. The standard InChI is InChI=1S/C15H15Cl2N3O.C2HF3O2/c16-12-4-5-14(17)11(7-12)9-21-13-3-1-2-10(6-13)8-20-15(18)19;3-2(4,5)1(6)7/h1-7H,8-9H2,(H4,18,19,20);(H,6,7). The van der Waals surface area contributed by atoms with Crippen molar-refractivity contribution in [2.24, 2.45) is 5.73 Å². The summed E-state index contributed by atoms with van der Waals surface area (Å²) in [4.78, 5) is 8.90. The predicted octanol–water partition coefficient (Wildman–Crippen LogP) is 4.19. The Labute approximate surface area is 168 Å². The number of rotatable bonds is 5. The Morgan fingerprint density at radius 1 is 1.21 bits per heavy atom. The molecule has 0 amide bonds. The summed E-state index contributed by atoms with van der Waals surface area (Å²) in [5, 5.41) is 18.3. The van der Waals surface area contributed by atoms with Gasteiger partial charge >= 0.3 is 12.1 Å². The van der Waals surface area contributed by atoms with Gasteiger partial charge in [0, 0.05) is 22.2 Å². The molecule has 0 aliphatic rings. The quantitative estimate of drug-likeness (QED) is 0.414. The van der Waals surface area contributed by atoms with E-state index < -0.39 is 12.1 Å². The highest BCUT2D eigenvalue weighted by atomic mass is 35.5. The lowest BCUT2D eigenvalue weighted by Gasteiger charge is -2.10. The van der Waals surface area contributed by atoms with E-state index in [0.717, 1.165) is 11.1 Å². The minimum Gasteiger partial charge on any atom is -0.489 e. The fourth-order valence-corrected chi connectivity index (χ4v) is 2.12. The summed E-state index contributed by atoms with van der Waals surface area (Å²) in [6, 6.07) is 12.8. The number of hydrogen-bond donors (Lipinski definition) is 4. The Bertz CT molecular complexity index is 833. The van der Waals surface area contributed by atoms with Crippen LogP contribution >= 0.6 is 23.2 Å². The first-order valence-corrected chi connectivity index (χ1v) is 8.28. The topological polar surface area (TPSA) is 108 Å². The van der Waals surface area contributed by atoms with Gasteiger partial charge in [0.15, 0.2) is 5.96 Å². The van der Waals surface area contributed by atoms with E-state index in [-0.39, 0.29) is 5.96 Å². The van der Waals surface area contributed by atoms with Gasteiger partial charge in [0.1, 0.15) is 12.4 Å². The number of carbonyl (C=O) groups is 1. The average Bonchev–Trinajstić information content (AvgIpc) is 2.61. The molecule has 0 unspecified atom stereocenters. The highest BCUT2D eigenvalue weighted by molar-refractivity contribution is 6.33. The smallest absolute Gasteiger partial charge is 0.489 e. The molecule has 2 aromatic carbocycles. The third-order valence-electron chi connectivity index (χ3n) is 3.03. The summed E-state index contributed by atoms with van der Waals surface area (Å²) in [7, 11) is 0. The molecule has 6 nitrogen and oxygen atoms in total. The number of aliphatic carboxylic acids is 1. The van der Waals surface area contributed by atoms with Gasteiger partial charge in [-0.3, -0.25) is 5.41 Å². The molecular weight excluding hydrogens is 422 g/mol. The van der Waals surface area contributed by atoms with Crippen LogP contribution in [0.1, 0.15) is 11.1 Å². The number of carboxylic acids is 1. The zero-order valence-corrected chi connectivity index (χ0v) is 15.7. The number of alkyl halides is 3. The molecule has 0 aliphatic heterocycles. The van der Waals surface area contributed by atoms with Crippen molar-refractivity contribution in [3.05, 3.63) is 63.6 Å². The lowest BCUT2D eigenvalue weighted by Crippen LogP contribution is -2.29. The molecule has 0 radical (unpaired) electrons. The van der Waals surface area contributed by atoms with Gasteiger partial charge < -0.3 is 20.9 Å². The summed E-state index contributed by atoms with van der Waals surface area (Å²) in [6.07, 6.45) is -5.08. The second kappa shape index (κ2) is 10.6. The van der Waals surface area contributed by atoms with Crippen LogP contribution in [0.4, 0.5) is 13.2 Å². The zero-order chi connectivity index (χ0) is 21.3. The molecule has 2 rings (SSSR count). The monoisotopic (exact) mass is 437 g/mol. The summed E-state index contributed by atoms with van der Waals surface area (Å²) >= 11 is 12.0. The van der Waals surface area contributed by atoms with E-state index in [9.17, 15) is 13.2 Å². The van der Waals surface area contributed by atoms with Gasteiger partial charge in [0.25, 0.3) is 0 Å². The number of halogens is 5. The van der Waals surface area contributed by atoms with Gasteiger partial charge in [-0.25, -0.2) is 4.79 Å². The third kappa shape index (κ3) is 8.83. The molecule has 0 atom stereocenters. The van der Waals surface area contributed by atoms with Crippen molar-refractivity contribution in [1.29, 1.82) is 5.41 Å². The van der Waals surface area contributed by atoms with Gasteiger partial charge in [-0.05, 0) is 35.9 Å². The Kier molecular flexibility index (Phi) is 8.87. The first-order valence-electron chi connectivity index (χ1n) is 7.52. The largest absolute Gasteiger partial charge is 0.490 e. The van der Waals surface area contributed by atoms with Crippen LogP contribution in [-0.2, 0) is 17.9 Å². The molecule has 0 saturated carbocycles. The van der Waals surface area contributed by atoms with Gasteiger partial charge in [-0.15, -0.1) is 0 Å². The van der Waals surface area contributed by atoms with E-state index in [1.807, 2.05) is 24.3 Å². The summed E-state index contributed by atoms with van der Waals surface area (Å²) in [5.74, 6) is -2.10. The van der Waals surface area contributed by atoms with Crippen LogP contribution in [0.5, 0.6) is 5.75 Å². The molecule has 2 aromatic rings. The normalized spacial score (nSPS) is 10.5. The summed E-state index contributed by atoms with van der Waals surface area (Å²) < 4.78 is 37.5. The van der Waals surface area contributed by atoms with E-state index in [1.165, 1.54) is 0 Å². The number of hydrogen-bond acceptors (Lipinski definition) is 3. The maximum Gasteiger partial charge on any atom is 0.490 e. The van der Waals surface area contributed by atoms with Crippen LogP contribution in [0.3, 0.4) is 0 Å². The van der Waals surface area contributed by atoms with Crippen LogP contribution in [0.25, 0.3) is 0 Å². The Morgan fingerprint density at radius 3 is 2.43 bits per heavy atom. The first kappa shape index (κ1) is 23.4. The number of ether oxygens (including phenoxy) is 1. The van der Waals surface area contributed by atoms with Crippen molar-refractivity contribution in [2.45, 2.75) is 19.3 Å². The van der Waals surface area contributed by atoms with E-state index in [1.54, 1.807) is 18.2 Å². The molecule has 0 aliphatic carbocycles. The van der Waals surface area contributed by atoms with Crippen molar-refractivity contribution < 1.29 is 27.8 Å². The molecule has 0 fully saturated rings. The molecular formula is C17H16Cl2F3N3O3. The average molecular weight is 438 g/mol. The summed E-state index contributed by atoms with van der Waals surface area (Å²) in [6.45, 7) is 0.813. The van der Waals surface area contributed by atoms with Crippen LogP contribution in [0, 0.1) is 5.41 Å². The van der Waals surface area contributed by atoms with E-state index in [0.29, 0.717) is 28.9 Å². The lowest BCUT2D eigenvalue weighted by atomic mass is 10.2. The van der Waals surface area contributed by atoms with Crippen molar-refractivity contribution in [2.75, 3.05) is 0 Å². The Morgan fingerprint density at radius 2 is 1.86 bits per heavy atom. The van der Waals surface area contributed by atoms with Gasteiger partial charge in [-0.1, -0.05) is 35.3 Å². The molecule has 0 bridgehead atoms. The van der Waals surface area contributed by atoms with Crippen LogP contribution in [0.2, 0.25) is 10.0 Å². The molecule has 28 heavy (non-hydrogen) atoms. The number of nitrogens with two attached hydrogens (primary N) is 1. The zero-order valence-electron chi connectivity index (χ0n) is 14.2. The fourth-order valence-electron chi connectivity index (χ4n) is 1.76. The Balaban J connectivity index is 0.000000480. The highest BCUT2D eigenvalue weighted by Gasteiger charge is 2.38. The van der Waals surface area contributed by atoms with Crippen LogP contribution < -0.4 is 15.8 Å². The fraction of sp³-hybridized carbons (Fsp3) is 0.176. The van der Waals surface area contributed by atoms with Gasteiger partial charge in [0.2, 0.25) is 0 Å². The second-order valence-electron chi connectivity index (χ2n) is 5.24. The molecule has 0 aromatic heterocycles. The van der Waals surface area contributed by atoms with Crippen molar-refractivity contribution >= 4 is 35.1 Å². The minimum atomic E-state index is -5.08. The SMILES string of the molecule is N=C(N)NCc1cccc(OCc2cc(Cl)ccc2Cl)c1.O=C(O)C(F)(F)F. The molecule has 0 saturated heterocycles. The maximum absolute atomic E-state index is 10.6. The third-order valence-corrected chi connectivity index (χ3v) is 3.63. The van der Waals surface area contributed by atoms with Crippen LogP contribution in [0.15, 0.2) is 42.5 Å². The lowest BCUT2D eigenvalue weighted by molar-refractivity contribution is -0.192. The second-order valence-corrected chi connectivity index (χ2v) is 6.09. The molecule has 0 heterocycles. The van der Waals surface area contributed by atoms with Crippen LogP contribution in [-0.4, -0.2) is 23.2 Å². The first-order chi connectivity index (χ1) is 13.0. The molecule has 11 heteroatoms. The molecule has 5 N–H and O–H groups in total.